The molecule has 1 aromatic heterocycles. The molecule has 24 heavy (non-hydrogen) atoms. The van der Waals surface area contributed by atoms with Gasteiger partial charge in [-0.3, -0.25) is 9.97 Å². The van der Waals surface area contributed by atoms with Gasteiger partial charge in [0.15, 0.2) is 5.11 Å². The van der Waals surface area contributed by atoms with E-state index in [4.69, 9.17) is 12.2 Å². The van der Waals surface area contributed by atoms with Crippen LogP contribution in [0.3, 0.4) is 0 Å². The van der Waals surface area contributed by atoms with E-state index >= 15 is 0 Å². The smallest absolute Gasteiger partial charge is 0.337 e. The number of thiocarbonyl (C=S) groups is 1. The molecule has 7 heteroatoms. The van der Waals surface area contributed by atoms with Crippen LogP contribution in [0.5, 0.6) is 0 Å². The van der Waals surface area contributed by atoms with Crippen LogP contribution in [0.1, 0.15) is 10.4 Å². The van der Waals surface area contributed by atoms with Gasteiger partial charge in [0, 0.05) is 23.8 Å². The zero-order chi connectivity index (χ0) is 16.9. The van der Waals surface area contributed by atoms with Crippen LogP contribution in [0.25, 0.3) is 11.0 Å². The zero-order valence-electron chi connectivity index (χ0n) is 12.8. The van der Waals surface area contributed by atoms with Crippen molar-refractivity contribution in [1.82, 2.24) is 9.97 Å². The van der Waals surface area contributed by atoms with Crippen LogP contribution >= 0.6 is 12.2 Å². The van der Waals surface area contributed by atoms with Gasteiger partial charge in [0.2, 0.25) is 0 Å². The Labute approximate surface area is 143 Å². The molecule has 120 valence electrons. The summed E-state index contributed by atoms with van der Waals surface area (Å²) in [5.41, 5.74) is 3.66. The summed E-state index contributed by atoms with van der Waals surface area (Å²) >= 11 is 5.30. The minimum atomic E-state index is -0.375. The van der Waals surface area contributed by atoms with Gasteiger partial charge in [-0.1, -0.05) is 0 Å². The number of carbonyl (C=O) groups excluding carboxylic acids is 1. The number of aromatic nitrogens is 2. The number of esters is 1. The number of carbonyl (C=O) groups is 1. The molecule has 3 aromatic rings. The fourth-order valence-electron chi connectivity index (χ4n) is 2.14. The Morgan fingerprint density at radius 3 is 2.29 bits per heavy atom. The van der Waals surface area contributed by atoms with Gasteiger partial charge >= 0.3 is 5.97 Å². The molecule has 0 spiro atoms. The summed E-state index contributed by atoms with van der Waals surface area (Å²) in [5.74, 6) is -0.375. The van der Waals surface area contributed by atoms with Gasteiger partial charge < -0.3 is 15.4 Å². The predicted molar refractivity (Wildman–Crippen MR) is 97.2 cm³/mol. The number of methoxy groups -OCH3 is 1. The summed E-state index contributed by atoms with van der Waals surface area (Å²) in [4.78, 5) is 19.9. The maximum atomic E-state index is 11.4. The van der Waals surface area contributed by atoms with E-state index in [9.17, 15) is 4.79 Å². The molecule has 0 amide bonds. The van der Waals surface area contributed by atoms with Gasteiger partial charge in [-0.05, 0) is 54.7 Å². The van der Waals surface area contributed by atoms with Crippen molar-refractivity contribution in [2.75, 3.05) is 17.7 Å². The third-order valence-corrected chi connectivity index (χ3v) is 3.50. The maximum Gasteiger partial charge on any atom is 0.337 e. The lowest BCUT2D eigenvalue weighted by Crippen LogP contribution is -2.19. The normalized spacial score (nSPS) is 10.2. The Hall–Kier alpha value is -3.06. The highest BCUT2D eigenvalue weighted by atomic mass is 32.1. The minimum absolute atomic E-state index is 0.375. The molecule has 2 N–H and O–H groups in total. The summed E-state index contributed by atoms with van der Waals surface area (Å²) in [7, 11) is 1.35. The van der Waals surface area contributed by atoms with E-state index in [2.05, 4.69) is 25.3 Å². The fourth-order valence-corrected chi connectivity index (χ4v) is 2.38. The molecule has 0 saturated heterocycles. The van der Waals surface area contributed by atoms with E-state index in [0.717, 1.165) is 22.4 Å². The lowest BCUT2D eigenvalue weighted by Gasteiger charge is -2.11. The highest BCUT2D eigenvalue weighted by Gasteiger charge is 2.05. The first-order valence-corrected chi connectivity index (χ1v) is 7.54. The van der Waals surface area contributed by atoms with Crippen molar-refractivity contribution in [3.05, 3.63) is 60.4 Å². The van der Waals surface area contributed by atoms with E-state index in [1.165, 1.54) is 7.11 Å². The van der Waals surface area contributed by atoms with Gasteiger partial charge in [-0.25, -0.2) is 4.79 Å². The molecule has 3 rings (SSSR count). The summed E-state index contributed by atoms with van der Waals surface area (Å²) in [6, 6.07) is 12.5. The third-order valence-electron chi connectivity index (χ3n) is 3.29. The molecule has 2 aromatic carbocycles. The Morgan fingerprint density at radius 2 is 1.58 bits per heavy atom. The molecule has 0 unspecified atom stereocenters. The van der Waals surface area contributed by atoms with Gasteiger partial charge in [0.05, 0.1) is 23.7 Å². The second-order valence-electron chi connectivity index (χ2n) is 4.91. The Morgan fingerprint density at radius 1 is 0.958 bits per heavy atom. The first-order chi connectivity index (χ1) is 11.7. The first kappa shape index (κ1) is 15.8. The monoisotopic (exact) mass is 338 g/mol. The summed E-state index contributed by atoms with van der Waals surface area (Å²) in [5, 5.41) is 6.58. The molecule has 0 aliphatic heterocycles. The standard InChI is InChI=1S/C17H14N4O2S/c1-23-16(22)11-2-4-12(5-3-11)20-17(24)21-13-6-7-14-15(10-13)19-9-8-18-14/h2-10H,1H3,(H2,20,21,24). The molecule has 0 atom stereocenters. The van der Waals surface area contributed by atoms with E-state index in [-0.39, 0.29) is 5.97 Å². The van der Waals surface area contributed by atoms with Gasteiger partial charge in [-0.15, -0.1) is 0 Å². The lowest BCUT2D eigenvalue weighted by atomic mass is 10.2. The highest BCUT2D eigenvalue weighted by molar-refractivity contribution is 7.80. The van der Waals surface area contributed by atoms with E-state index in [0.29, 0.717) is 10.7 Å². The molecule has 0 radical (unpaired) electrons. The second-order valence-corrected chi connectivity index (χ2v) is 5.32. The summed E-state index contributed by atoms with van der Waals surface area (Å²) < 4.78 is 4.66. The highest BCUT2D eigenvalue weighted by Crippen LogP contribution is 2.16. The van der Waals surface area contributed by atoms with Crippen LogP contribution in [-0.4, -0.2) is 28.2 Å². The van der Waals surface area contributed by atoms with Crippen LogP contribution in [0.2, 0.25) is 0 Å². The number of nitrogens with one attached hydrogen (secondary N) is 2. The molecule has 0 aliphatic rings. The molecule has 0 fully saturated rings. The Balaban J connectivity index is 1.67. The van der Waals surface area contributed by atoms with Gasteiger partial charge in [-0.2, -0.15) is 0 Å². The number of hydrogen-bond acceptors (Lipinski definition) is 5. The number of nitrogens with zero attached hydrogens (tertiary/aromatic N) is 2. The molecular weight excluding hydrogens is 324 g/mol. The molecule has 1 heterocycles. The van der Waals surface area contributed by atoms with E-state index < -0.39 is 0 Å². The molecular formula is C17H14N4O2S. The van der Waals surface area contributed by atoms with Crippen LogP contribution in [0.15, 0.2) is 54.9 Å². The van der Waals surface area contributed by atoms with Crippen molar-refractivity contribution in [2.45, 2.75) is 0 Å². The van der Waals surface area contributed by atoms with Crippen molar-refractivity contribution in [1.29, 1.82) is 0 Å². The summed E-state index contributed by atoms with van der Waals surface area (Å²) in [6.07, 6.45) is 3.30. The average Bonchev–Trinajstić information content (AvgIpc) is 2.61. The number of anilines is 2. The van der Waals surface area contributed by atoms with Crippen LogP contribution in [0, 0.1) is 0 Å². The molecule has 6 nitrogen and oxygen atoms in total. The van der Waals surface area contributed by atoms with Crippen molar-refractivity contribution in [3.8, 4) is 0 Å². The minimum Gasteiger partial charge on any atom is -0.465 e. The summed E-state index contributed by atoms with van der Waals surface area (Å²) in [6.45, 7) is 0. The third kappa shape index (κ3) is 3.64. The van der Waals surface area contributed by atoms with Crippen LogP contribution < -0.4 is 10.6 Å². The Kier molecular flexibility index (Phi) is 4.62. The first-order valence-electron chi connectivity index (χ1n) is 7.13. The molecule has 0 saturated carbocycles. The average molecular weight is 338 g/mol. The quantitative estimate of drug-likeness (QED) is 0.561. The predicted octanol–water partition coefficient (Wildman–Crippen LogP) is 3.23. The van der Waals surface area contributed by atoms with Crippen molar-refractivity contribution >= 4 is 45.7 Å². The number of fused-ring (bicyclic) bond motifs is 1. The Bertz CT molecular complexity index is 896. The van der Waals surface area contributed by atoms with Crippen molar-refractivity contribution in [3.63, 3.8) is 0 Å². The largest absolute Gasteiger partial charge is 0.465 e. The van der Waals surface area contributed by atoms with Crippen molar-refractivity contribution in [2.24, 2.45) is 0 Å². The zero-order valence-corrected chi connectivity index (χ0v) is 13.6. The number of benzene rings is 2. The second kappa shape index (κ2) is 7.01. The number of rotatable bonds is 3. The SMILES string of the molecule is COC(=O)c1ccc(NC(=S)Nc2ccc3nccnc3c2)cc1. The van der Waals surface area contributed by atoms with Gasteiger partial charge in [0.1, 0.15) is 0 Å². The number of ether oxygens (including phenoxy) is 1. The van der Waals surface area contributed by atoms with Crippen LogP contribution in [0.4, 0.5) is 11.4 Å². The fraction of sp³-hybridized carbons (Fsp3) is 0.0588. The van der Waals surface area contributed by atoms with Gasteiger partial charge in [0.25, 0.3) is 0 Å². The van der Waals surface area contributed by atoms with E-state index in [1.807, 2.05) is 18.2 Å². The lowest BCUT2D eigenvalue weighted by molar-refractivity contribution is 0.0601. The van der Waals surface area contributed by atoms with E-state index in [1.54, 1.807) is 36.7 Å². The van der Waals surface area contributed by atoms with Crippen molar-refractivity contribution < 1.29 is 9.53 Å². The topological polar surface area (TPSA) is 76.1 Å². The maximum absolute atomic E-state index is 11.4. The van der Waals surface area contributed by atoms with Crippen LogP contribution in [-0.2, 0) is 4.74 Å². The molecule has 0 bridgehead atoms. The molecule has 0 aliphatic carbocycles. The number of hydrogen-bond donors (Lipinski definition) is 2.